The summed E-state index contributed by atoms with van der Waals surface area (Å²) in [5, 5.41) is 2.80. The Labute approximate surface area is 187 Å². The van der Waals surface area contributed by atoms with Crippen LogP contribution in [0.4, 0.5) is 17.2 Å². The smallest absolute Gasteiger partial charge is 0.330 e. The molecule has 1 amide bonds. The van der Waals surface area contributed by atoms with Crippen LogP contribution in [0.2, 0.25) is 0 Å². The van der Waals surface area contributed by atoms with Gasteiger partial charge in [0.15, 0.2) is 0 Å². The lowest BCUT2D eigenvalue weighted by atomic mass is 10.2. The molecule has 1 heterocycles. The molecule has 10 nitrogen and oxygen atoms in total. The van der Waals surface area contributed by atoms with E-state index in [2.05, 4.69) is 10.3 Å². The van der Waals surface area contributed by atoms with E-state index in [0.29, 0.717) is 30.3 Å². The zero-order valence-corrected chi connectivity index (χ0v) is 19.5. The van der Waals surface area contributed by atoms with Crippen LogP contribution in [-0.4, -0.2) is 42.8 Å². The number of benzene rings is 1. The Kier molecular flexibility index (Phi) is 8.34. The van der Waals surface area contributed by atoms with Crippen LogP contribution in [0.1, 0.15) is 27.7 Å². The van der Waals surface area contributed by atoms with Crippen LogP contribution in [0, 0.1) is 11.8 Å². The molecule has 0 atom stereocenters. The largest absolute Gasteiger partial charge is 0.497 e. The fourth-order valence-corrected chi connectivity index (χ4v) is 3.38. The number of nitrogen functional groups attached to an aromatic ring is 1. The molecule has 0 fully saturated rings. The van der Waals surface area contributed by atoms with E-state index in [0.717, 1.165) is 0 Å². The summed E-state index contributed by atoms with van der Waals surface area (Å²) in [5.41, 5.74) is 5.60. The third-order valence-corrected chi connectivity index (χ3v) is 4.68. The summed E-state index contributed by atoms with van der Waals surface area (Å²) in [7, 11) is 3.03. The zero-order chi connectivity index (χ0) is 24.0. The Bertz CT molecular complexity index is 1060. The minimum atomic E-state index is -0.625. The number of hydrogen-bond donors (Lipinski definition) is 3. The van der Waals surface area contributed by atoms with Crippen LogP contribution in [0.15, 0.2) is 27.8 Å². The number of aromatic nitrogens is 2. The number of ether oxygens (including phenoxy) is 2. The van der Waals surface area contributed by atoms with Crippen LogP contribution in [-0.2, 0) is 11.3 Å². The van der Waals surface area contributed by atoms with Crippen LogP contribution >= 0.6 is 0 Å². The van der Waals surface area contributed by atoms with Gasteiger partial charge in [-0.05, 0) is 24.0 Å². The number of hydrogen-bond acceptors (Lipinski definition) is 7. The van der Waals surface area contributed by atoms with Crippen molar-refractivity contribution in [3.63, 3.8) is 0 Å². The molecule has 0 spiro atoms. The number of nitrogens with zero attached hydrogens (tertiary/aromatic N) is 2. The number of carbonyl (C=O) groups is 1. The molecule has 0 aliphatic heterocycles. The molecule has 0 aliphatic carbocycles. The first-order valence-corrected chi connectivity index (χ1v) is 10.5. The quantitative estimate of drug-likeness (QED) is 0.507. The monoisotopic (exact) mass is 447 g/mol. The molecule has 2 aromatic rings. The van der Waals surface area contributed by atoms with Gasteiger partial charge in [-0.1, -0.05) is 27.7 Å². The summed E-state index contributed by atoms with van der Waals surface area (Å²) >= 11 is 0. The molecule has 0 saturated carbocycles. The maximum atomic E-state index is 12.9. The highest BCUT2D eigenvalue weighted by Gasteiger charge is 2.23. The molecule has 1 aromatic carbocycles. The average molecular weight is 448 g/mol. The first-order valence-electron chi connectivity index (χ1n) is 10.5. The van der Waals surface area contributed by atoms with Crippen molar-refractivity contribution < 1.29 is 14.3 Å². The SMILES string of the molecule is COc1ccc(OC)c(NC(=O)CN(CC(C)C)c2c(N)n(CC(C)C)c(=O)[nH]c2=O)c1. The van der Waals surface area contributed by atoms with Crippen molar-refractivity contribution in [3.8, 4) is 11.5 Å². The van der Waals surface area contributed by atoms with Crippen molar-refractivity contribution in [3.05, 3.63) is 39.0 Å². The van der Waals surface area contributed by atoms with Gasteiger partial charge in [0.05, 0.1) is 26.5 Å². The van der Waals surface area contributed by atoms with Crippen LogP contribution in [0.3, 0.4) is 0 Å². The third kappa shape index (κ3) is 6.05. The summed E-state index contributed by atoms with van der Waals surface area (Å²) < 4.78 is 11.9. The number of H-pyrrole nitrogens is 1. The van der Waals surface area contributed by atoms with E-state index >= 15 is 0 Å². The summed E-state index contributed by atoms with van der Waals surface area (Å²) in [5.74, 6) is 0.950. The molecule has 4 N–H and O–H groups in total. The van der Waals surface area contributed by atoms with Crippen LogP contribution in [0.5, 0.6) is 11.5 Å². The van der Waals surface area contributed by atoms with Crippen molar-refractivity contribution in [1.82, 2.24) is 9.55 Å². The first kappa shape index (κ1) is 24.8. The maximum Gasteiger partial charge on any atom is 0.330 e. The second-order valence-corrected chi connectivity index (χ2v) is 8.39. The van der Waals surface area contributed by atoms with Crippen molar-refractivity contribution >= 4 is 23.1 Å². The summed E-state index contributed by atoms with van der Waals surface area (Å²) in [6.07, 6.45) is 0. The topological polar surface area (TPSA) is 132 Å². The van der Waals surface area contributed by atoms with Gasteiger partial charge in [-0.25, -0.2) is 4.79 Å². The van der Waals surface area contributed by atoms with Crippen molar-refractivity contribution in [2.24, 2.45) is 11.8 Å². The van der Waals surface area contributed by atoms with Gasteiger partial charge in [0, 0.05) is 19.2 Å². The number of nitrogens with two attached hydrogens (primary N) is 1. The van der Waals surface area contributed by atoms with Gasteiger partial charge >= 0.3 is 5.69 Å². The standard InChI is InChI=1S/C22H33N5O5/c1-13(2)10-26(19-20(23)27(11-14(3)4)22(30)25-21(19)29)12-18(28)24-16-9-15(31-5)7-8-17(16)32-6/h7-9,13-14H,10-12,23H2,1-6H3,(H,24,28)(H,25,29,30). The second-order valence-electron chi connectivity index (χ2n) is 8.39. The van der Waals surface area contributed by atoms with E-state index in [-0.39, 0.29) is 35.8 Å². The zero-order valence-electron chi connectivity index (χ0n) is 19.5. The number of anilines is 3. The Morgan fingerprint density at radius 3 is 2.41 bits per heavy atom. The molecular weight excluding hydrogens is 414 g/mol. The molecule has 0 aliphatic rings. The molecular formula is C22H33N5O5. The van der Waals surface area contributed by atoms with E-state index in [1.54, 1.807) is 23.1 Å². The number of carbonyl (C=O) groups excluding carboxylic acids is 1. The molecule has 10 heteroatoms. The molecule has 0 radical (unpaired) electrons. The molecule has 2 rings (SSSR count). The number of nitrogens with one attached hydrogen (secondary N) is 2. The Balaban J connectivity index is 2.41. The molecule has 0 unspecified atom stereocenters. The molecule has 0 saturated heterocycles. The maximum absolute atomic E-state index is 12.9. The predicted octanol–water partition coefficient (Wildman–Crippen LogP) is 1.89. The number of rotatable bonds is 10. The van der Waals surface area contributed by atoms with E-state index in [1.165, 1.54) is 18.8 Å². The van der Waals surface area contributed by atoms with Gasteiger partial charge in [0.2, 0.25) is 5.91 Å². The lowest BCUT2D eigenvalue weighted by molar-refractivity contribution is -0.115. The summed E-state index contributed by atoms with van der Waals surface area (Å²) in [4.78, 5) is 41.8. The second kappa shape index (κ2) is 10.7. The van der Waals surface area contributed by atoms with E-state index in [9.17, 15) is 14.4 Å². The Morgan fingerprint density at radius 2 is 1.84 bits per heavy atom. The third-order valence-electron chi connectivity index (χ3n) is 4.68. The highest BCUT2D eigenvalue weighted by Crippen LogP contribution is 2.29. The van der Waals surface area contributed by atoms with E-state index < -0.39 is 11.2 Å². The number of amides is 1. The van der Waals surface area contributed by atoms with Gasteiger partial charge in [-0.3, -0.25) is 19.1 Å². The summed E-state index contributed by atoms with van der Waals surface area (Å²) in [6, 6.07) is 5.05. The van der Waals surface area contributed by atoms with Gasteiger partial charge < -0.3 is 25.4 Å². The molecule has 0 bridgehead atoms. The average Bonchev–Trinajstić information content (AvgIpc) is 2.70. The van der Waals surface area contributed by atoms with Crippen LogP contribution in [0.25, 0.3) is 0 Å². The minimum absolute atomic E-state index is 0.0415. The van der Waals surface area contributed by atoms with Gasteiger partial charge in [-0.15, -0.1) is 0 Å². The van der Waals surface area contributed by atoms with Crippen molar-refractivity contribution in [2.75, 3.05) is 43.3 Å². The Morgan fingerprint density at radius 1 is 1.16 bits per heavy atom. The lowest BCUT2D eigenvalue weighted by Crippen LogP contribution is -2.43. The fraction of sp³-hybridized carbons (Fsp3) is 0.500. The molecule has 32 heavy (non-hydrogen) atoms. The predicted molar refractivity (Wildman–Crippen MR) is 126 cm³/mol. The summed E-state index contributed by atoms with van der Waals surface area (Å²) in [6.45, 7) is 8.39. The van der Waals surface area contributed by atoms with Gasteiger partial charge in [0.1, 0.15) is 23.0 Å². The van der Waals surface area contributed by atoms with Crippen molar-refractivity contribution in [1.29, 1.82) is 0 Å². The van der Waals surface area contributed by atoms with Gasteiger partial charge in [-0.2, -0.15) is 0 Å². The van der Waals surface area contributed by atoms with Crippen LogP contribution < -0.4 is 36.7 Å². The van der Waals surface area contributed by atoms with E-state index in [4.69, 9.17) is 15.2 Å². The Hall–Kier alpha value is -3.43. The number of methoxy groups -OCH3 is 2. The highest BCUT2D eigenvalue weighted by atomic mass is 16.5. The normalized spacial score (nSPS) is 11.0. The van der Waals surface area contributed by atoms with E-state index in [1.807, 2.05) is 27.7 Å². The highest BCUT2D eigenvalue weighted by molar-refractivity contribution is 5.96. The fourth-order valence-electron chi connectivity index (χ4n) is 3.38. The molecule has 176 valence electrons. The number of aromatic amines is 1. The van der Waals surface area contributed by atoms with Gasteiger partial charge in [0.25, 0.3) is 5.56 Å². The van der Waals surface area contributed by atoms with Crippen molar-refractivity contribution in [2.45, 2.75) is 34.2 Å². The lowest BCUT2D eigenvalue weighted by Gasteiger charge is -2.27. The minimum Gasteiger partial charge on any atom is -0.497 e. The molecule has 1 aromatic heterocycles. The first-order chi connectivity index (χ1) is 15.1.